The van der Waals surface area contributed by atoms with E-state index in [1.165, 1.54) is 22.4 Å². The predicted molar refractivity (Wildman–Crippen MR) is 97.8 cm³/mol. The molecule has 2 heteroatoms. The second-order valence-corrected chi connectivity index (χ2v) is 7.59. The van der Waals surface area contributed by atoms with E-state index in [0.717, 1.165) is 23.6 Å². The zero-order valence-corrected chi connectivity index (χ0v) is 14.3. The van der Waals surface area contributed by atoms with Crippen LogP contribution in [0.1, 0.15) is 19.5 Å². The third-order valence-corrected chi connectivity index (χ3v) is 4.99. The van der Waals surface area contributed by atoms with Gasteiger partial charge in [0.05, 0.1) is 0 Å². The summed E-state index contributed by atoms with van der Waals surface area (Å²) in [6.07, 6.45) is 3.38. The number of rotatable bonds is 2. The Morgan fingerprint density at radius 3 is 2.35 bits per heavy atom. The summed E-state index contributed by atoms with van der Waals surface area (Å²) in [6.45, 7) is 5.74. The van der Waals surface area contributed by atoms with Gasteiger partial charge < -0.3 is 4.57 Å². The SMILES string of the molecule is CC1(C)Cc2c(-c3ccccc3)c(-c3ccccc3Cl)cn2C1. The van der Waals surface area contributed by atoms with Crippen LogP contribution in [0.4, 0.5) is 0 Å². The highest BCUT2D eigenvalue weighted by atomic mass is 35.5. The molecule has 1 nitrogen and oxygen atoms in total. The van der Waals surface area contributed by atoms with Crippen LogP contribution in [0.25, 0.3) is 22.3 Å². The Bertz CT molecular complexity index is 859. The van der Waals surface area contributed by atoms with Gasteiger partial charge in [0, 0.05) is 40.1 Å². The first-order valence-corrected chi connectivity index (χ1v) is 8.45. The molecule has 1 aliphatic rings. The third kappa shape index (κ3) is 2.49. The second-order valence-electron chi connectivity index (χ2n) is 7.18. The quantitative estimate of drug-likeness (QED) is 0.541. The lowest BCUT2D eigenvalue weighted by atomic mass is 9.87. The fraction of sp³-hybridized carbons (Fsp3) is 0.238. The average molecular weight is 322 g/mol. The molecule has 0 saturated heterocycles. The van der Waals surface area contributed by atoms with Gasteiger partial charge in [0.1, 0.15) is 0 Å². The first-order valence-electron chi connectivity index (χ1n) is 8.07. The molecule has 0 N–H and O–H groups in total. The minimum absolute atomic E-state index is 0.317. The molecule has 0 saturated carbocycles. The van der Waals surface area contributed by atoms with Gasteiger partial charge in [-0.1, -0.05) is 74.0 Å². The fourth-order valence-electron chi connectivity index (χ4n) is 3.71. The van der Waals surface area contributed by atoms with Crippen molar-refractivity contribution in [2.75, 3.05) is 0 Å². The maximum atomic E-state index is 6.49. The first kappa shape index (κ1) is 14.6. The summed E-state index contributed by atoms with van der Waals surface area (Å²) in [4.78, 5) is 0. The minimum atomic E-state index is 0.317. The average Bonchev–Trinajstić information content (AvgIpc) is 3.00. The number of fused-ring (bicyclic) bond motifs is 1. The van der Waals surface area contributed by atoms with Gasteiger partial charge in [0.2, 0.25) is 0 Å². The van der Waals surface area contributed by atoms with E-state index < -0.39 is 0 Å². The zero-order chi connectivity index (χ0) is 16.0. The van der Waals surface area contributed by atoms with Crippen LogP contribution >= 0.6 is 11.6 Å². The highest BCUT2D eigenvalue weighted by Gasteiger charge is 2.32. The molecular weight excluding hydrogens is 302 g/mol. The lowest BCUT2D eigenvalue weighted by Gasteiger charge is -2.16. The van der Waals surface area contributed by atoms with Crippen molar-refractivity contribution in [3.8, 4) is 22.3 Å². The molecule has 0 fully saturated rings. The van der Waals surface area contributed by atoms with Crippen molar-refractivity contribution < 1.29 is 0 Å². The van der Waals surface area contributed by atoms with Crippen LogP contribution in [0.15, 0.2) is 60.8 Å². The van der Waals surface area contributed by atoms with Crippen LogP contribution in [0.3, 0.4) is 0 Å². The second kappa shape index (κ2) is 5.28. The van der Waals surface area contributed by atoms with Crippen LogP contribution in [-0.4, -0.2) is 4.57 Å². The lowest BCUT2D eigenvalue weighted by Crippen LogP contribution is -2.12. The molecule has 0 unspecified atom stereocenters. The van der Waals surface area contributed by atoms with Crippen LogP contribution in [-0.2, 0) is 13.0 Å². The third-order valence-electron chi connectivity index (χ3n) is 4.66. The van der Waals surface area contributed by atoms with E-state index >= 15 is 0 Å². The molecule has 0 amide bonds. The largest absolute Gasteiger partial charge is 0.350 e. The monoisotopic (exact) mass is 321 g/mol. The topological polar surface area (TPSA) is 4.93 Å². The van der Waals surface area contributed by atoms with Crippen LogP contribution in [0.5, 0.6) is 0 Å². The van der Waals surface area contributed by atoms with Gasteiger partial charge >= 0.3 is 0 Å². The Morgan fingerprint density at radius 1 is 0.913 bits per heavy atom. The zero-order valence-electron chi connectivity index (χ0n) is 13.5. The van der Waals surface area contributed by atoms with Crippen LogP contribution in [0, 0.1) is 5.41 Å². The molecule has 116 valence electrons. The van der Waals surface area contributed by atoms with E-state index in [2.05, 4.69) is 67.1 Å². The molecule has 0 bridgehead atoms. The van der Waals surface area contributed by atoms with Gasteiger partial charge in [-0.05, 0) is 23.5 Å². The molecule has 0 radical (unpaired) electrons. The van der Waals surface area contributed by atoms with E-state index in [4.69, 9.17) is 11.6 Å². The molecule has 23 heavy (non-hydrogen) atoms. The van der Waals surface area contributed by atoms with Crippen molar-refractivity contribution in [2.45, 2.75) is 26.8 Å². The van der Waals surface area contributed by atoms with E-state index in [0.29, 0.717) is 5.41 Å². The number of hydrogen-bond donors (Lipinski definition) is 0. The number of nitrogens with zero attached hydrogens (tertiary/aromatic N) is 1. The summed E-state index contributed by atoms with van der Waals surface area (Å²) < 4.78 is 2.42. The van der Waals surface area contributed by atoms with Gasteiger partial charge in [-0.2, -0.15) is 0 Å². The minimum Gasteiger partial charge on any atom is -0.350 e. The Kier molecular flexibility index (Phi) is 3.35. The molecule has 2 heterocycles. The molecule has 4 rings (SSSR count). The van der Waals surface area contributed by atoms with E-state index in [1.54, 1.807) is 0 Å². The van der Waals surface area contributed by atoms with E-state index in [1.807, 2.05) is 12.1 Å². The van der Waals surface area contributed by atoms with Crippen molar-refractivity contribution in [1.82, 2.24) is 4.57 Å². The number of halogens is 1. The van der Waals surface area contributed by atoms with Gasteiger partial charge in [-0.3, -0.25) is 0 Å². The maximum absolute atomic E-state index is 6.49. The van der Waals surface area contributed by atoms with Gasteiger partial charge in [-0.15, -0.1) is 0 Å². The van der Waals surface area contributed by atoms with Gasteiger partial charge in [0.25, 0.3) is 0 Å². The summed E-state index contributed by atoms with van der Waals surface area (Å²) in [5, 5.41) is 0.813. The van der Waals surface area contributed by atoms with Crippen molar-refractivity contribution in [2.24, 2.45) is 5.41 Å². The van der Waals surface area contributed by atoms with Crippen LogP contribution in [0.2, 0.25) is 5.02 Å². The van der Waals surface area contributed by atoms with E-state index in [9.17, 15) is 0 Å². The van der Waals surface area contributed by atoms with E-state index in [-0.39, 0.29) is 0 Å². The highest BCUT2D eigenvalue weighted by Crippen LogP contribution is 2.45. The molecule has 0 spiro atoms. The summed E-state index contributed by atoms with van der Waals surface area (Å²) in [5.41, 5.74) is 6.71. The summed E-state index contributed by atoms with van der Waals surface area (Å²) >= 11 is 6.49. The molecule has 3 aromatic rings. The van der Waals surface area contributed by atoms with Crippen molar-refractivity contribution in [3.05, 3.63) is 71.5 Å². The molecule has 2 aromatic carbocycles. The molecule has 1 aromatic heterocycles. The molecule has 0 atom stereocenters. The molecule has 1 aliphatic heterocycles. The Labute approximate surface area is 142 Å². The highest BCUT2D eigenvalue weighted by molar-refractivity contribution is 6.33. The predicted octanol–water partition coefficient (Wildman–Crippen LogP) is 6.06. The van der Waals surface area contributed by atoms with Crippen molar-refractivity contribution >= 4 is 11.6 Å². The first-order chi connectivity index (χ1) is 11.1. The summed E-state index contributed by atoms with van der Waals surface area (Å²) in [7, 11) is 0. The Balaban J connectivity index is 1.97. The number of hydrogen-bond acceptors (Lipinski definition) is 0. The van der Waals surface area contributed by atoms with Crippen LogP contribution < -0.4 is 0 Å². The molecular formula is C21H20ClN. The standard InChI is InChI=1S/C21H20ClN/c1-21(2)12-19-20(15-8-4-3-5-9-15)17(13-23(19)14-21)16-10-6-7-11-18(16)22/h3-11,13H,12,14H2,1-2H3. The number of aromatic nitrogens is 1. The smallest absolute Gasteiger partial charge is 0.0485 e. The normalized spacial score (nSPS) is 15.6. The Hall–Kier alpha value is -1.99. The van der Waals surface area contributed by atoms with Crippen molar-refractivity contribution in [3.63, 3.8) is 0 Å². The van der Waals surface area contributed by atoms with Crippen molar-refractivity contribution in [1.29, 1.82) is 0 Å². The number of benzene rings is 2. The summed E-state index contributed by atoms with van der Waals surface area (Å²) in [6, 6.07) is 18.8. The molecule has 0 aliphatic carbocycles. The fourth-order valence-corrected chi connectivity index (χ4v) is 3.95. The van der Waals surface area contributed by atoms with Gasteiger partial charge in [0.15, 0.2) is 0 Å². The lowest BCUT2D eigenvalue weighted by molar-refractivity contribution is 0.359. The Morgan fingerprint density at radius 2 is 1.61 bits per heavy atom. The summed E-state index contributed by atoms with van der Waals surface area (Å²) in [5.74, 6) is 0. The van der Waals surface area contributed by atoms with Gasteiger partial charge in [-0.25, -0.2) is 0 Å². The maximum Gasteiger partial charge on any atom is 0.0485 e.